The van der Waals surface area contributed by atoms with Gasteiger partial charge in [0.2, 0.25) is 0 Å². The Morgan fingerprint density at radius 3 is 2.86 bits per heavy atom. The number of hydrogen-bond donors (Lipinski definition) is 0. The topological polar surface area (TPSA) is 3.24 Å². The molecule has 14 heavy (non-hydrogen) atoms. The second-order valence-electron chi connectivity index (χ2n) is 4.64. The maximum atomic E-state index is 3.57. The number of likely N-dealkylation sites (tertiary alicyclic amines) is 1. The molecule has 1 aliphatic rings. The zero-order chi connectivity index (χ0) is 10.4. The molecule has 1 aliphatic heterocycles. The van der Waals surface area contributed by atoms with Crippen molar-refractivity contribution < 1.29 is 0 Å². The largest absolute Gasteiger partial charge is 0.300 e. The van der Waals surface area contributed by atoms with E-state index in [1.807, 2.05) is 0 Å². The Hall–Kier alpha value is 0.440. The average molecular weight is 262 g/mol. The molecule has 1 saturated heterocycles. The van der Waals surface area contributed by atoms with Gasteiger partial charge in [0.25, 0.3) is 0 Å². The highest BCUT2D eigenvalue weighted by atomic mass is 79.9. The predicted octanol–water partition coefficient (Wildman–Crippen LogP) is 3.67. The molecular weight excluding hydrogens is 238 g/mol. The van der Waals surface area contributed by atoms with E-state index in [4.69, 9.17) is 0 Å². The maximum absolute atomic E-state index is 3.57. The van der Waals surface area contributed by atoms with Gasteiger partial charge in [0.15, 0.2) is 0 Å². The highest BCUT2D eigenvalue weighted by molar-refractivity contribution is 9.09. The predicted molar refractivity (Wildman–Crippen MR) is 67.1 cm³/mol. The average Bonchev–Trinajstić information content (AvgIpc) is 2.21. The molecule has 0 spiro atoms. The summed E-state index contributed by atoms with van der Waals surface area (Å²) in [6, 6.07) is 0.858. The highest BCUT2D eigenvalue weighted by Crippen LogP contribution is 2.21. The zero-order valence-corrected chi connectivity index (χ0v) is 11.2. The second kappa shape index (κ2) is 6.84. The third kappa shape index (κ3) is 3.90. The van der Waals surface area contributed by atoms with Crippen LogP contribution in [0.5, 0.6) is 0 Å². The first-order chi connectivity index (χ1) is 6.77. The van der Waals surface area contributed by atoms with Gasteiger partial charge in [-0.25, -0.2) is 0 Å². The van der Waals surface area contributed by atoms with Gasteiger partial charge < -0.3 is 4.90 Å². The van der Waals surface area contributed by atoms with Gasteiger partial charge in [-0.15, -0.1) is 0 Å². The minimum atomic E-state index is 0.858. The van der Waals surface area contributed by atoms with Crippen LogP contribution < -0.4 is 0 Å². The summed E-state index contributed by atoms with van der Waals surface area (Å²) in [5.41, 5.74) is 0. The van der Waals surface area contributed by atoms with E-state index in [2.05, 4.69) is 34.7 Å². The second-order valence-corrected chi connectivity index (χ2v) is 5.43. The van der Waals surface area contributed by atoms with Crippen LogP contribution in [0.3, 0.4) is 0 Å². The molecule has 0 aromatic rings. The van der Waals surface area contributed by atoms with Crippen molar-refractivity contribution in [2.24, 2.45) is 5.92 Å². The van der Waals surface area contributed by atoms with E-state index < -0.39 is 0 Å². The van der Waals surface area contributed by atoms with Gasteiger partial charge in [-0.2, -0.15) is 0 Å². The lowest BCUT2D eigenvalue weighted by Gasteiger charge is -2.37. The van der Waals surface area contributed by atoms with Gasteiger partial charge in [-0.1, -0.05) is 42.6 Å². The van der Waals surface area contributed by atoms with Crippen LogP contribution in [0.15, 0.2) is 0 Å². The summed E-state index contributed by atoms with van der Waals surface area (Å²) in [6.45, 7) is 7.32. The van der Waals surface area contributed by atoms with E-state index >= 15 is 0 Å². The van der Waals surface area contributed by atoms with Gasteiger partial charge in [-0.05, 0) is 31.7 Å². The molecule has 0 aliphatic carbocycles. The standard InChI is InChI=1S/C12H24BrN/c1-3-11(2)10-14-9-5-4-6-12(14)7-8-13/h11-12H,3-10H2,1-2H3. The van der Waals surface area contributed by atoms with Gasteiger partial charge in [0.1, 0.15) is 0 Å². The van der Waals surface area contributed by atoms with Crippen molar-refractivity contribution in [1.29, 1.82) is 0 Å². The molecule has 2 heteroatoms. The van der Waals surface area contributed by atoms with Gasteiger partial charge in [0, 0.05) is 17.9 Å². The lowest BCUT2D eigenvalue weighted by molar-refractivity contribution is 0.125. The Morgan fingerprint density at radius 2 is 2.21 bits per heavy atom. The van der Waals surface area contributed by atoms with E-state index in [1.54, 1.807) is 0 Å². The van der Waals surface area contributed by atoms with Crippen molar-refractivity contribution in [2.45, 2.75) is 52.0 Å². The Labute approximate surface area is 97.4 Å². The van der Waals surface area contributed by atoms with Gasteiger partial charge in [0.05, 0.1) is 0 Å². The number of alkyl halides is 1. The maximum Gasteiger partial charge on any atom is 0.0103 e. The van der Waals surface area contributed by atoms with Crippen LogP contribution in [-0.4, -0.2) is 29.4 Å². The van der Waals surface area contributed by atoms with Crippen LogP contribution in [0.1, 0.15) is 46.0 Å². The van der Waals surface area contributed by atoms with Gasteiger partial charge >= 0.3 is 0 Å². The lowest BCUT2D eigenvalue weighted by Crippen LogP contribution is -2.42. The SMILES string of the molecule is CCC(C)CN1CCCCC1CCBr. The van der Waals surface area contributed by atoms with Crippen molar-refractivity contribution in [3.05, 3.63) is 0 Å². The molecule has 2 unspecified atom stereocenters. The third-order valence-corrected chi connectivity index (χ3v) is 3.89. The molecule has 1 rings (SSSR count). The summed E-state index contributed by atoms with van der Waals surface area (Å²) in [5, 5.41) is 1.16. The molecule has 2 atom stereocenters. The molecule has 1 fully saturated rings. The van der Waals surface area contributed by atoms with E-state index in [-0.39, 0.29) is 0 Å². The fraction of sp³-hybridized carbons (Fsp3) is 1.00. The summed E-state index contributed by atoms with van der Waals surface area (Å²) in [4.78, 5) is 2.72. The Balaban J connectivity index is 2.37. The normalized spacial score (nSPS) is 26.4. The molecule has 84 valence electrons. The van der Waals surface area contributed by atoms with Crippen LogP contribution in [0.25, 0.3) is 0 Å². The van der Waals surface area contributed by atoms with Crippen LogP contribution in [-0.2, 0) is 0 Å². The third-order valence-electron chi connectivity index (χ3n) is 3.43. The molecule has 0 saturated carbocycles. The first-order valence-electron chi connectivity index (χ1n) is 6.08. The first kappa shape index (κ1) is 12.5. The van der Waals surface area contributed by atoms with E-state index in [1.165, 1.54) is 45.2 Å². The molecule has 0 bridgehead atoms. The quantitative estimate of drug-likeness (QED) is 0.683. The zero-order valence-electron chi connectivity index (χ0n) is 9.64. The van der Waals surface area contributed by atoms with Crippen LogP contribution in [0, 0.1) is 5.92 Å². The van der Waals surface area contributed by atoms with Crippen molar-refractivity contribution in [1.82, 2.24) is 4.90 Å². The van der Waals surface area contributed by atoms with E-state index in [9.17, 15) is 0 Å². The van der Waals surface area contributed by atoms with Crippen molar-refractivity contribution in [3.8, 4) is 0 Å². The summed E-state index contributed by atoms with van der Waals surface area (Å²) < 4.78 is 0. The summed E-state index contributed by atoms with van der Waals surface area (Å²) >= 11 is 3.57. The summed E-state index contributed by atoms with van der Waals surface area (Å²) in [6.07, 6.45) is 6.92. The van der Waals surface area contributed by atoms with Crippen molar-refractivity contribution in [2.75, 3.05) is 18.4 Å². The fourth-order valence-corrected chi connectivity index (χ4v) is 2.81. The number of halogens is 1. The number of nitrogens with zero attached hydrogens (tertiary/aromatic N) is 1. The smallest absolute Gasteiger partial charge is 0.0103 e. The molecule has 0 radical (unpaired) electrons. The molecule has 0 amide bonds. The van der Waals surface area contributed by atoms with Crippen LogP contribution in [0.2, 0.25) is 0 Å². The van der Waals surface area contributed by atoms with Crippen LogP contribution in [0.4, 0.5) is 0 Å². The summed E-state index contributed by atoms with van der Waals surface area (Å²) in [5.74, 6) is 0.867. The first-order valence-corrected chi connectivity index (χ1v) is 7.20. The Bertz CT molecular complexity index is 147. The Kier molecular flexibility index (Phi) is 6.11. The number of piperidine rings is 1. The van der Waals surface area contributed by atoms with Crippen molar-refractivity contribution >= 4 is 15.9 Å². The monoisotopic (exact) mass is 261 g/mol. The van der Waals surface area contributed by atoms with Crippen molar-refractivity contribution in [3.63, 3.8) is 0 Å². The summed E-state index contributed by atoms with van der Waals surface area (Å²) in [7, 11) is 0. The molecule has 1 nitrogen and oxygen atoms in total. The number of rotatable bonds is 5. The molecular formula is C12H24BrN. The minimum Gasteiger partial charge on any atom is -0.300 e. The molecule has 1 heterocycles. The molecule has 0 aromatic carbocycles. The minimum absolute atomic E-state index is 0.858. The van der Waals surface area contributed by atoms with Crippen LogP contribution >= 0.6 is 15.9 Å². The van der Waals surface area contributed by atoms with Gasteiger partial charge in [-0.3, -0.25) is 0 Å². The van der Waals surface area contributed by atoms with E-state index in [0.717, 1.165) is 17.3 Å². The lowest BCUT2D eigenvalue weighted by atomic mass is 9.98. The fourth-order valence-electron chi connectivity index (χ4n) is 2.28. The van der Waals surface area contributed by atoms with E-state index in [0.29, 0.717) is 0 Å². The molecule has 0 aromatic heterocycles. The molecule has 0 N–H and O–H groups in total. The highest BCUT2D eigenvalue weighted by Gasteiger charge is 2.22. The number of hydrogen-bond acceptors (Lipinski definition) is 1. The Morgan fingerprint density at radius 1 is 1.43 bits per heavy atom.